The molecule has 8 heteroatoms. The van der Waals surface area contributed by atoms with Crippen LogP contribution in [-0.2, 0) is 23.7 Å². The fourth-order valence-electron chi connectivity index (χ4n) is 2.49. The minimum absolute atomic E-state index is 0.151. The van der Waals surface area contributed by atoms with Crippen molar-refractivity contribution in [3.05, 3.63) is 48.0 Å². The van der Waals surface area contributed by atoms with E-state index in [1.165, 1.54) is 18.4 Å². The van der Waals surface area contributed by atoms with Crippen LogP contribution in [0, 0.1) is 6.92 Å². The van der Waals surface area contributed by atoms with Gasteiger partial charge in [-0.15, -0.1) is 0 Å². The molecule has 0 aliphatic carbocycles. The smallest absolute Gasteiger partial charge is 0.246 e. The Morgan fingerprint density at radius 1 is 1.24 bits per heavy atom. The van der Waals surface area contributed by atoms with Crippen LogP contribution in [0.3, 0.4) is 0 Å². The van der Waals surface area contributed by atoms with E-state index in [1.807, 2.05) is 30.7 Å². The molecule has 2 aromatic heterocycles. The first-order valence-corrected chi connectivity index (χ1v) is 9.16. The third-order valence-electron chi connectivity index (χ3n) is 3.99. The molecule has 0 aliphatic heterocycles. The van der Waals surface area contributed by atoms with Gasteiger partial charge in [0.1, 0.15) is 23.1 Å². The minimum Gasteiger partial charge on any atom is -0.484 e. The van der Waals surface area contributed by atoms with Crippen LogP contribution in [0.2, 0.25) is 0 Å². The van der Waals surface area contributed by atoms with Crippen molar-refractivity contribution < 1.29 is 13.2 Å². The van der Waals surface area contributed by atoms with Crippen molar-refractivity contribution in [1.29, 1.82) is 0 Å². The van der Waals surface area contributed by atoms with E-state index in [4.69, 9.17) is 4.74 Å². The van der Waals surface area contributed by atoms with E-state index < -0.39 is 10.0 Å². The molecule has 2 heterocycles. The summed E-state index contributed by atoms with van der Waals surface area (Å²) in [4.78, 5) is 8.76. The summed E-state index contributed by atoms with van der Waals surface area (Å²) in [5.74, 6) is 1.00. The van der Waals surface area contributed by atoms with Gasteiger partial charge < -0.3 is 9.30 Å². The molecular weight excluding hydrogens is 340 g/mol. The molecule has 0 N–H and O–H groups in total. The van der Waals surface area contributed by atoms with Crippen LogP contribution in [0.25, 0.3) is 11.0 Å². The number of aromatic nitrogens is 3. The molecule has 3 aromatic rings. The highest BCUT2D eigenvalue weighted by atomic mass is 32.2. The second-order valence-corrected chi connectivity index (χ2v) is 8.10. The molecule has 0 spiro atoms. The Labute approximate surface area is 146 Å². The van der Waals surface area contributed by atoms with Gasteiger partial charge >= 0.3 is 0 Å². The number of hydrogen-bond acceptors (Lipinski definition) is 5. The highest BCUT2D eigenvalue weighted by Crippen LogP contribution is 2.28. The minimum atomic E-state index is -3.60. The second kappa shape index (κ2) is 6.45. The molecule has 0 radical (unpaired) electrons. The van der Waals surface area contributed by atoms with Gasteiger partial charge in [0, 0.05) is 27.3 Å². The van der Waals surface area contributed by atoms with Gasteiger partial charge in [0.05, 0.1) is 17.2 Å². The van der Waals surface area contributed by atoms with Crippen molar-refractivity contribution in [2.75, 3.05) is 14.1 Å². The largest absolute Gasteiger partial charge is 0.484 e. The predicted octanol–water partition coefficient (Wildman–Crippen LogP) is 2.11. The number of pyridine rings is 1. The molecule has 3 rings (SSSR count). The fourth-order valence-corrected chi connectivity index (χ4v) is 3.60. The maximum Gasteiger partial charge on any atom is 0.246 e. The molecule has 0 aliphatic rings. The van der Waals surface area contributed by atoms with Gasteiger partial charge in [0.2, 0.25) is 10.0 Å². The van der Waals surface area contributed by atoms with Gasteiger partial charge in [-0.05, 0) is 30.7 Å². The zero-order valence-corrected chi connectivity index (χ0v) is 15.4. The number of nitrogens with zero attached hydrogens (tertiary/aromatic N) is 4. The first-order valence-electron chi connectivity index (χ1n) is 7.72. The lowest BCUT2D eigenvalue weighted by Crippen LogP contribution is -2.23. The van der Waals surface area contributed by atoms with Crippen LogP contribution in [0.15, 0.2) is 41.6 Å². The molecule has 7 nitrogen and oxygen atoms in total. The fraction of sp³-hybridized carbons (Fsp3) is 0.294. The molecule has 0 saturated heterocycles. The lowest BCUT2D eigenvalue weighted by Gasteiger charge is -2.16. The number of rotatable bonds is 5. The van der Waals surface area contributed by atoms with Gasteiger partial charge in [0.15, 0.2) is 0 Å². The summed E-state index contributed by atoms with van der Waals surface area (Å²) in [6.45, 7) is 2.00. The lowest BCUT2D eigenvalue weighted by atomic mass is 10.2. The van der Waals surface area contributed by atoms with Gasteiger partial charge in [0.25, 0.3) is 0 Å². The SMILES string of the molecule is Cc1ccc(OCc2nc3ccncc3n2C)c(S(=O)(=O)N(C)C)c1. The summed E-state index contributed by atoms with van der Waals surface area (Å²) in [7, 11) is 1.28. The molecular formula is C17H20N4O3S. The van der Waals surface area contributed by atoms with Crippen molar-refractivity contribution in [2.45, 2.75) is 18.4 Å². The van der Waals surface area contributed by atoms with Crippen LogP contribution in [0.4, 0.5) is 0 Å². The van der Waals surface area contributed by atoms with Crippen LogP contribution < -0.4 is 4.74 Å². The zero-order valence-electron chi connectivity index (χ0n) is 14.6. The molecule has 0 amide bonds. The van der Waals surface area contributed by atoms with Gasteiger partial charge in [-0.1, -0.05) is 6.07 Å². The highest BCUT2D eigenvalue weighted by Gasteiger charge is 2.23. The Morgan fingerprint density at radius 2 is 2.00 bits per heavy atom. The van der Waals surface area contributed by atoms with Gasteiger partial charge in [-0.25, -0.2) is 17.7 Å². The third-order valence-corrected chi connectivity index (χ3v) is 5.83. The monoisotopic (exact) mass is 360 g/mol. The predicted molar refractivity (Wildman–Crippen MR) is 94.9 cm³/mol. The summed E-state index contributed by atoms with van der Waals surface area (Å²) in [5, 5.41) is 0. The molecule has 0 bridgehead atoms. The van der Waals surface area contributed by atoms with Crippen molar-refractivity contribution >= 4 is 21.1 Å². The van der Waals surface area contributed by atoms with Crippen LogP contribution >= 0.6 is 0 Å². The van der Waals surface area contributed by atoms with E-state index in [1.54, 1.807) is 24.5 Å². The Hall–Kier alpha value is -2.45. The van der Waals surface area contributed by atoms with Crippen molar-refractivity contribution in [3.8, 4) is 5.75 Å². The maximum atomic E-state index is 12.5. The number of benzene rings is 1. The normalized spacial score (nSPS) is 12.0. The number of hydrogen-bond donors (Lipinski definition) is 0. The average molecular weight is 360 g/mol. The molecule has 132 valence electrons. The summed E-state index contributed by atoms with van der Waals surface area (Å²) in [6.07, 6.45) is 3.42. The van der Waals surface area contributed by atoms with Crippen molar-refractivity contribution in [1.82, 2.24) is 18.8 Å². The van der Waals surface area contributed by atoms with E-state index in [-0.39, 0.29) is 11.5 Å². The quantitative estimate of drug-likeness (QED) is 0.696. The maximum absolute atomic E-state index is 12.5. The first-order chi connectivity index (χ1) is 11.8. The number of fused-ring (bicyclic) bond motifs is 1. The van der Waals surface area contributed by atoms with Crippen LogP contribution in [-0.4, -0.2) is 41.4 Å². The Morgan fingerprint density at radius 3 is 2.68 bits per heavy atom. The number of aryl methyl sites for hydroxylation is 2. The first kappa shape index (κ1) is 17.4. The van der Waals surface area contributed by atoms with Gasteiger partial charge in [-0.2, -0.15) is 0 Å². The van der Waals surface area contributed by atoms with Gasteiger partial charge in [-0.3, -0.25) is 4.98 Å². The summed E-state index contributed by atoms with van der Waals surface area (Å²) in [6, 6.07) is 6.94. The molecule has 25 heavy (non-hydrogen) atoms. The molecule has 0 atom stereocenters. The van der Waals surface area contributed by atoms with E-state index in [0.29, 0.717) is 11.6 Å². The lowest BCUT2D eigenvalue weighted by molar-refractivity contribution is 0.284. The summed E-state index contributed by atoms with van der Waals surface area (Å²) < 4.78 is 34.0. The number of sulfonamides is 1. The standard InChI is InChI=1S/C17H20N4O3S/c1-12-5-6-15(16(9-12)25(22,23)20(2)3)24-11-17-19-13-7-8-18-10-14(13)21(17)4/h5-10H,11H2,1-4H3. The van der Waals surface area contributed by atoms with E-state index >= 15 is 0 Å². The van der Waals surface area contributed by atoms with Crippen LogP contribution in [0.5, 0.6) is 5.75 Å². The van der Waals surface area contributed by atoms with E-state index in [0.717, 1.165) is 16.6 Å². The van der Waals surface area contributed by atoms with Crippen molar-refractivity contribution in [2.24, 2.45) is 7.05 Å². The second-order valence-electron chi connectivity index (χ2n) is 5.98. The Balaban J connectivity index is 1.94. The molecule has 1 aromatic carbocycles. The average Bonchev–Trinajstić information content (AvgIpc) is 2.90. The highest BCUT2D eigenvalue weighted by molar-refractivity contribution is 7.89. The zero-order chi connectivity index (χ0) is 18.2. The topological polar surface area (TPSA) is 77.3 Å². The molecule has 0 saturated carbocycles. The summed E-state index contributed by atoms with van der Waals surface area (Å²) in [5.41, 5.74) is 2.56. The Kier molecular flexibility index (Phi) is 4.49. The number of imidazole rings is 1. The third kappa shape index (κ3) is 3.22. The number of ether oxygens (including phenoxy) is 1. The van der Waals surface area contributed by atoms with E-state index in [9.17, 15) is 8.42 Å². The van der Waals surface area contributed by atoms with Crippen molar-refractivity contribution in [3.63, 3.8) is 0 Å². The summed E-state index contributed by atoms with van der Waals surface area (Å²) >= 11 is 0. The molecule has 0 fully saturated rings. The van der Waals surface area contributed by atoms with Crippen LogP contribution in [0.1, 0.15) is 11.4 Å². The van der Waals surface area contributed by atoms with E-state index in [2.05, 4.69) is 9.97 Å². The Bertz CT molecular complexity index is 1030. The molecule has 0 unspecified atom stereocenters.